The molecule has 0 radical (unpaired) electrons. The molecule has 7 heteroatoms. The summed E-state index contributed by atoms with van der Waals surface area (Å²) >= 11 is 0. The molecule has 266 valence electrons. The molecule has 0 amide bonds. The third-order valence-electron chi connectivity index (χ3n) is 8.93. The number of unbranched alkanes of at least 4 members (excludes halogenated alkanes) is 9. The van der Waals surface area contributed by atoms with E-state index < -0.39 is 7.82 Å². The first-order chi connectivity index (χ1) is 23.3. The van der Waals surface area contributed by atoms with Gasteiger partial charge in [-0.1, -0.05) is 131 Å². The quantitative estimate of drug-likeness (QED) is 0.0640. The predicted molar refractivity (Wildman–Crippen MR) is 202 cm³/mol. The normalized spacial score (nSPS) is 13.3. The number of pyridine rings is 1. The van der Waals surface area contributed by atoms with E-state index in [0.29, 0.717) is 18.9 Å². The molecule has 1 aromatic heterocycles. The summed E-state index contributed by atoms with van der Waals surface area (Å²) in [5, 5.41) is 1.14. The van der Waals surface area contributed by atoms with Gasteiger partial charge in [0.05, 0.1) is 6.61 Å². The number of hydrogen-bond donors (Lipinski definition) is 1. The third kappa shape index (κ3) is 11.9. The van der Waals surface area contributed by atoms with E-state index in [9.17, 15) is 9.46 Å². The monoisotopic (exact) mass is 688 g/mol. The standard InChI is InChI=1S/C42H58NO5P/c1-8-9-10-11-12-13-14-15-16-19-28-46-39-30-37(42(5,6)7)40(31-36(39)41(2,3)4)48-49(44,45)47-35-25-20-22-33(29-35)32-43-27-21-24-34-23-17-18-26-38(34)43/h17-18,20-27,29-31H,8-16,19,28,32H2,1-7H3/p+1. The van der Waals surface area contributed by atoms with Crippen LogP contribution in [-0.4, -0.2) is 11.5 Å². The molecule has 0 spiro atoms. The number of benzene rings is 3. The summed E-state index contributed by atoms with van der Waals surface area (Å²) in [6.07, 6.45) is 14.7. The first-order valence-electron chi connectivity index (χ1n) is 18.3. The molecule has 0 fully saturated rings. The number of rotatable bonds is 18. The van der Waals surface area contributed by atoms with Crippen LogP contribution >= 0.6 is 7.82 Å². The van der Waals surface area contributed by atoms with Crippen molar-refractivity contribution < 1.29 is 27.8 Å². The molecule has 0 bridgehead atoms. The highest BCUT2D eigenvalue weighted by atomic mass is 31.2. The lowest BCUT2D eigenvalue weighted by atomic mass is 9.81. The molecule has 6 nitrogen and oxygen atoms in total. The van der Waals surface area contributed by atoms with Gasteiger partial charge >= 0.3 is 7.82 Å². The minimum atomic E-state index is -4.56. The summed E-state index contributed by atoms with van der Waals surface area (Å²) in [4.78, 5) is 11.1. The fourth-order valence-corrected chi connectivity index (χ4v) is 7.05. The summed E-state index contributed by atoms with van der Waals surface area (Å²) in [7, 11) is -4.56. The molecule has 0 saturated carbocycles. The van der Waals surface area contributed by atoms with Crippen LogP contribution in [-0.2, 0) is 21.9 Å². The molecule has 3 aromatic carbocycles. The fraction of sp³-hybridized carbons (Fsp3) is 0.500. The van der Waals surface area contributed by atoms with Crippen molar-refractivity contribution in [3.05, 3.63) is 95.7 Å². The smallest absolute Gasteiger partial charge is 0.493 e. The van der Waals surface area contributed by atoms with E-state index in [1.807, 2.05) is 48.7 Å². The zero-order chi connectivity index (χ0) is 35.5. The maximum atomic E-state index is 13.6. The van der Waals surface area contributed by atoms with E-state index >= 15 is 0 Å². The Morgan fingerprint density at radius 2 is 1.27 bits per heavy atom. The Morgan fingerprint density at radius 3 is 1.94 bits per heavy atom. The first kappa shape index (κ1) is 38.5. The molecule has 1 N–H and O–H groups in total. The van der Waals surface area contributed by atoms with E-state index in [1.54, 1.807) is 12.1 Å². The largest absolute Gasteiger partial charge is 0.584 e. The number of phosphoric acid groups is 1. The average Bonchev–Trinajstić information content (AvgIpc) is 3.03. The highest BCUT2D eigenvalue weighted by molar-refractivity contribution is 7.48. The van der Waals surface area contributed by atoms with Crippen LogP contribution in [0.4, 0.5) is 0 Å². The van der Waals surface area contributed by atoms with Crippen LogP contribution in [0.15, 0.2) is 79.0 Å². The van der Waals surface area contributed by atoms with Crippen LogP contribution in [0.5, 0.6) is 17.2 Å². The molecule has 4 rings (SSSR count). The van der Waals surface area contributed by atoms with Crippen LogP contribution in [0.3, 0.4) is 0 Å². The van der Waals surface area contributed by atoms with Crippen LogP contribution in [0.2, 0.25) is 0 Å². The van der Waals surface area contributed by atoms with Gasteiger partial charge in [0.1, 0.15) is 17.2 Å². The van der Waals surface area contributed by atoms with Gasteiger partial charge in [0.25, 0.3) is 0 Å². The summed E-state index contributed by atoms with van der Waals surface area (Å²) < 4.78 is 33.7. The Labute approximate surface area is 295 Å². The molecule has 1 heterocycles. The number of ether oxygens (including phenoxy) is 1. The number of nitrogens with zero attached hydrogens (tertiary/aromatic N) is 1. The number of hydrogen-bond acceptors (Lipinski definition) is 4. The van der Waals surface area contributed by atoms with Gasteiger partial charge in [-0.2, -0.15) is 4.57 Å². The zero-order valence-corrected chi connectivity index (χ0v) is 31.9. The topological polar surface area (TPSA) is 68.9 Å². The summed E-state index contributed by atoms with van der Waals surface area (Å²) in [5.41, 5.74) is 3.10. The van der Waals surface area contributed by atoms with E-state index in [1.165, 1.54) is 51.4 Å². The van der Waals surface area contributed by atoms with E-state index in [2.05, 4.69) is 71.2 Å². The van der Waals surface area contributed by atoms with Crippen molar-refractivity contribution in [2.75, 3.05) is 6.61 Å². The molecule has 0 aliphatic heterocycles. The third-order valence-corrected chi connectivity index (χ3v) is 9.80. The minimum Gasteiger partial charge on any atom is -0.493 e. The van der Waals surface area contributed by atoms with E-state index in [0.717, 1.165) is 46.2 Å². The highest BCUT2D eigenvalue weighted by Crippen LogP contribution is 2.49. The number of fused-ring (bicyclic) bond motifs is 1. The SMILES string of the molecule is CCCCCCCCCCCCOc1cc(C(C)(C)C)c(OP(=O)(O)Oc2cccc(C[n+]3cccc4ccccc43)c2)cc1C(C)(C)C. The van der Waals surface area contributed by atoms with E-state index in [4.69, 9.17) is 13.8 Å². The van der Waals surface area contributed by atoms with Gasteiger partial charge in [0.2, 0.25) is 5.52 Å². The molecule has 0 saturated heterocycles. The summed E-state index contributed by atoms with van der Waals surface area (Å²) in [6.45, 7) is 16.0. The van der Waals surface area contributed by atoms with Crippen molar-refractivity contribution >= 4 is 18.7 Å². The van der Waals surface area contributed by atoms with Gasteiger partial charge in [-0.15, -0.1) is 0 Å². The van der Waals surface area contributed by atoms with Crippen molar-refractivity contribution in [1.29, 1.82) is 0 Å². The molecule has 1 unspecified atom stereocenters. The second-order valence-corrected chi connectivity index (χ2v) is 16.7. The lowest BCUT2D eigenvalue weighted by Gasteiger charge is -2.29. The molecule has 0 aliphatic rings. The van der Waals surface area contributed by atoms with Gasteiger partial charge in [-0.25, -0.2) is 4.57 Å². The van der Waals surface area contributed by atoms with Gasteiger partial charge < -0.3 is 13.8 Å². The second-order valence-electron chi connectivity index (χ2n) is 15.4. The van der Waals surface area contributed by atoms with Crippen molar-refractivity contribution in [3.8, 4) is 17.2 Å². The van der Waals surface area contributed by atoms with Gasteiger partial charge in [-0.3, -0.25) is 4.89 Å². The average molecular weight is 689 g/mol. The summed E-state index contributed by atoms with van der Waals surface area (Å²) in [6, 6.07) is 23.4. The van der Waals surface area contributed by atoms with Crippen LogP contribution in [0.1, 0.15) is 129 Å². The zero-order valence-electron chi connectivity index (χ0n) is 31.0. The fourth-order valence-electron chi connectivity index (χ4n) is 6.23. The Morgan fingerprint density at radius 1 is 0.673 bits per heavy atom. The minimum absolute atomic E-state index is 0.272. The van der Waals surface area contributed by atoms with E-state index in [-0.39, 0.29) is 16.6 Å². The maximum absolute atomic E-state index is 13.6. The van der Waals surface area contributed by atoms with Crippen molar-refractivity contribution in [2.24, 2.45) is 0 Å². The Bertz CT molecular complexity index is 1680. The molecule has 0 aliphatic carbocycles. The molecule has 1 atom stereocenters. The Kier molecular flexibility index (Phi) is 13.8. The molecular formula is C42H59NO5P+. The van der Waals surface area contributed by atoms with Gasteiger partial charge in [0.15, 0.2) is 12.7 Å². The van der Waals surface area contributed by atoms with Crippen molar-refractivity contribution in [3.63, 3.8) is 0 Å². The lowest BCUT2D eigenvalue weighted by molar-refractivity contribution is -0.662. The Balaban J connectivity index is 1.45. The lowest BCUT2D eigenvalue weighted by Crippen LogP contribution is -2.34. The Hall–Kier alpha value is -3.34. The molecular weight excluding hydrogens is 629 g/mol. The van der Waals surface area contributed by atoms with Crippen LogP contribution < -0.4 is 18.4 Å². The number of para-hydroxylation sites is 1. The highest BCUT2D eigenvalue weighted by Gasteiger charge is 2.32. The van der Waals surface area contributed by atoms with Crippen molar-refractivity contribution in [2.45, 2.75) is 130 Å². The number of phosphoric ester groups is 1. The predicted octanol–water partition coefficient (Wildman–Crippen LogP) is 11.6. The molecule has 49 heavy (non-hydrogen) atoms. The number of aromatic nitrogens is 1. The second kappa shape index (κ2) is 17.5. The van der Waals surface area contributed by atoms with Gasteiger partial charge in [-0.05, 0) is 53.6 Å². The maximum Gasteiger partial charge on any atom is 0.584 e. The summed E-state index contributed by atoms with van der Waals surface area (Å²) in [5.74, 6) is 1.40. The first-order valence-corrected chi connectivity index (χ1v) is 19.8. The van der Waals surface area contributed by atoms with Crippen LogP contribution in [0.25, 0.3) is 10.9 Å². The van der Waals surface area contributed by atoms with Gasteiger partial charge in [0, 0.05) is 34.2 Å². The van der Waals surface area contributed by atoms with Crippen molar-refractivity contribution in [1.82, 2.24) is 0 Å². The van der Waals surface area contributed by atoms with Crippen LogP contribution in [0, 0.1) is 0 Å². The molecule has 4 aromatic rings.